The number of rotatable bonds is 5. The molecule has 112 valence electrons. The Balaban J connectivity index is 1.88. The highest BCUT2D eigenvalue weighted by Crippen LogP contribution is 2.29. The molecule has 4 atom stereocenters. The Bertz CT molecular complexity index is 392. The quantitative estimate of drug-likeness (QED) is 0.882. The van der Waals surface area contributed by atoms with E-state index in [1.165, 1.54) is 25.7 Å². The molecular formula is C18H29NO. The van der Waals surface area contributed by atoms with E-state index in [1.54, 1.807) is 0 Å². The third-order valence-corrected chi connectivity index (χ3v) is 4.79. The Morgan fingerprint density at radius 1 is 1.25 bits per heavy atom. The van der Waals surface area contributed by atoms with Crippen molar-refractivity contribution in [2.24, 2.45) is 11.8 Å². The Kier molecular flexibility index (Phi) is 5.62. The molecule has 0 spiro atoms. The van der Waals surface area contributed by atoms with E-state index in [-0.39, 0.29) is 12.0 Å². The van der Waals surface area contributed by atoms with Crippen LogP contribution in [0.2, 0.25) is 0 Å². The van der Waals surface area contributed by atoms with Crippen LogP contribution in [0.25, 0.3) is 0 Å². The topological polar surface area (TPSA) is 23.5 Å². The molecule has 0 heterocycles. The summed E-state index contributed by atoms with van der Waals surface area (Å²) >= 11 is 0. The number of aliphatic hydroxyl groups excluding tert-OH is 1. The minimum absolute atomic E-state index is 0.264. The summed E-state index contributed by atoms with van der Waals surface area (Å²) in [4.78, 5) is 2.46. The lowest BCUT2D eigenvalue weighted by molar-refractivity contribution is 0.0715. The SMILES string of the molecule is CC1CCCC(N(C)CC(C)C(O)c2ccccc2)C1. The predicted molar refractivity (Wildman–Crippen MR) is 84.6 cm³/mol. The van der Waals surface area contributed by atoms with Crippen LogP contribution in [0.3, 0.4) is 0 Å². The first kappa shape index (κ1) is 15.5. The van der Waals surface area contributed by atoms with Gasteiger partial charge in [-0.15, -0.1) is 0 Å². The van der Waals surface area contributed by atoms with Gasteiger partial charge in [-0.25, -0.2) is 0 Å². The molecule has 2 heteroatoms. The molecule has 0 aromatic heterocycles. The fourth-order valence-corrected chi connectivity index (χ4v) is 3.48. The van der Waals surface area contributed by atoms with E-state index in [4.69, 9.17) is 0 Å². The molecule has 1 aliphatic carbocycles. The first-order chi connectivity index (χ1) is 9.58. The Morgan fingerprint density at radius 3 is 2.60 bits per heavy atom. The van der Waals surface area contributed by atoms with Crippen molar-refractivity contribution in [3.05, 3.63) is 35.9 Å². The Labute approximate surface area is 123 Å². The molecular weight excluding hydrogens is 246 g/mol. The van der Waals surface area contributed by atoms with E-state index < -0.39 is 0 Å². The summed E-state index contributed by atoms with van der Waals surface area (Å²) < 4.78 is 0. The Hall–Kier alpha value is -0.860. The largest absolute Gasteiger partial charge is 0.388 e. The summed E-state index contributed by atoms with van der Waals surface area (Å²) in [6.45, 7) is 5.48. The third-order valence-electron chi connectivity index (χ3n) is 4.79. The first-order valence-electron chi connectivity index (χ1n) is 8.01. The summed E-state index contributed by atoms with van der Waals surface area (Å²) in [5, 5.41) is 10.5. The monoisotopic (exact) mass is 275 g/mol. The normalized spacial score (nSPS) is 26.4. The molecule has 1 saturated carbocycles. The van der Waals surface area contributed by atoms with E-state index >= 15 is 0 Å². The summed E-state index contributed by atoms with van der Waals surface area (Å²) in [6, 6.07) is 10.7. The van der Waals surface area contributed by atoms with Gasteiger partial charge in [0.05, 0.1) is 6.10 Å². The maximum Gasteiger partial charge on any atom is 0.0827 e. The van der Waals surface area contributed by atoms with Crippen molar-refractivity contribution in [2.75, 3.05) is 13.6 Å². The average Bonchev–Trinajstić information content (AvgIpc) is 2.47. The van der Waals surface area contributed by atoms with Gasteiger partial charge in [-0.2, -0.15) is 0 Å². The van der Waals surface area contributed by atoms with Crippen LogP contribution in [0.1, 0.15) is 51.2 Å². The van der Waals surface area contributed by atoms with Crippen molar-refractivity contribution >= 4 is 0 Å². The summed E-state index contributed by atoms with van der Waals surface area (Å²) in [7, 11) is 2.22. The van der Waals surface area contributed by atoms with E-state index in [1.807, 2.05) is 30.3 Å². The van der Waals surface area contributed by atoms with Gasteiger partial charge in [0.2, 0.25) is 0 Å². The maximum absolute atomic E-state index is 10.5. The van der Waals surface area contributed by atoms with Gasteiger partial charge in [-0.05, 0) is 37.3 Å². The summed E-state index contributed by atoms with van der Waals surface area (Å²) in [6.07, 6.45) is 5.00. The fraction of sp³-hybridized carbons (Fsp3) is 0.667. The standard InChI is InChI=1S/C18H29NO/c1-14-8-7-11-17(12-14)19(3)13-15(2)18(20)16-9-5-4-6-10-16/h4-6,9-10,14-15,17-18,20H,7-8,11-13H2,1-3H3. The summed E-state index contributed by atoms with van der Waals surface area (Å²) in [5.41, 5.74) is 1.03. The zero-order chi connectivity index (χ0) is 14.5. The van der Waals surface area contributed by atoms with Crippen LogP contribution in [0.4, 0.5) is 0 Å². The van der Waals surface area contributed by atoms with Crippen LogP contribution in [0.15, 0.2) is 30.3 Å². The molecule has 0 radical (unpaired) electrons. The molecule has 1 aromatic carbocycles. The zero-order valence-electron chi connectivity index (χ0n) is 13.1. The molecule has 1 N–H and O–H groups in total. The van der Waals surface area contributed by atoms with Gasteiger partial charge >= 0.3 is 0 Å². The Morgan fingerprint density at radius 2 is 1.95 bits per heavy atom. The fourth-order valence-electron chi connectivity index (χ4n) is 3.48. The second-order valence-electron chi connectivity index (χ2n) is 6.70. The highest BCUT2D eigenvalue weighted by Gasteiger charge is 2.25. The van der Waals surface area contributed by atoms with Crippen LogP contribution in [-0.4, -0.2) is 29.6 Å². The molecule has 1 aliphatic rings. The number of nitrogens with zero attached hydrogens (tertiary/aromatic N) is 1. The van der Waals surface area contributed by atoms with Crippen molar-refractivity contribution < 1.29 is 5.11 Å². The van der Waals surface area contributed by atoms with Gasteiger partial charge < -0.3 is 10.0 Å². The lowest BCUT2D eigenvalue weighted by Crippen LogP contribution is -2.39. The van der Waals surface area contributed by atoms with Crippen molar-refractivity contribution in [3.63, 3.8) is 0 Å². The lowest BCUT2D eigenvalue weighted by atomic mass is 9.86. The van der Waals surface area contributed by atoms with Crippen LogP contribution < -0.4 is 0 Å². The first-order valence-corrected chi connectivity index (χ1v) is 8.01. The molecule has 2 rings (SSSR count). The van der Waals surface area contributed by atoms with Crippen LogP contribution in [-0.2, 0) is 0 Å². The minimum Gasteiger partial charge on any atom is -0.388 e. The molecule has 4 unspecified atom stereocenters. The zero-order valence-corrected chi connectivity index (χ0v) is 13.1. The number of hydrogen-bond acceptors (Lipinski definition) is 2. The minimum atomic E-state index is -0.361. The molecule has 1 aromatic rings. The average molecular weight is 275 g/mol. The van der Waals surface area contributed by atoms with Crippen LogP contribution in [0.5, 0.6) is 0 Å². The second-order valence-corrected chi connectivity index (χ2v) is 6.70. The predicted octanol–water partition coefficient (Wildman–Crippen LogP) is 3.87. The van der Waals surface area contributed by atoms with E-state index in [0.29, 0.717) is 6.04 Å². The van der Waals surface area contributed by atoms with E-state index in [0.717, 1.165) is 18.0 Å². The smallest absolute Gasteiger partial charge is 0.0827 e. The van der Waals surface area contributed by atoms with Gasteiger partial charge in [0.1, 0.15) is 0 Å². The van der Waals surface area contributed by atoms with Crippen molar-refractivity contribution in [2.45, 2.75) is 51.7 Å². The van der Waals surface area contributed by atoms with Gasteiger partial charge in [-0.1, -0.05) is 57.0 Å². The second kappa shape index (κ2) is 7.24. The summed E-state index contributed by atoms with van der Waals surface area (Å²) in [5.74, 6) is 1.12. The lowest BCUT2D eigenvalue weighted by Gasteiger charge is -2.36. The van der Waals surface area contributed by atoms with Gasteiger partial charge in [-0.3, -0.25) is 0 Å². The van der Waals surface area contributed by atoms with E-state index in [2.05, 4.69) is 25.8 Å². The van der Waals surface area contributed by atoms with Gasteiger partial charge in [0, 0.05) is 12.6 Å². The third kappa shape index (κ3) is 4.07. The highest BCUT2D eigenvalue weighted by atomic mass is 16.3. The molecule has 0 aliphatic heterocycles. The van der Waals surface area contributed by atoms with Crippen LogP contribution in [0, 0.1) is 11.8 Å². The van der Waals surface area contributed by atoms with Crippen LogP contribution >= 0.6 is 0 Å². The van der Waals surface area contributed by atoms with E-state index in [9.17, 15) is 5.11 Å². The molecule has 1 fully saturated rings. The number of benzene rings is 1. The molecule has 0 bridgehead atoms. The van der Waals surface area contributed by atoms with Gasteiger partial charge in [0.15, 0.2) is 0 Å². The molecule has 20 heavy (non-hydrogen) atoms. The van der Waals surface area contributed by atoms with Gasteiger partial charge in [0.25, 0.3) is 0 Å². The molecule has 2 nitrogen and oxygen atoms in total. The maximum atomic E-state index is 10.5. The molecule has 0 amide bonds. The number of aliphatic hydroxyl groups is 1. The van der Waals surface area contributed by atoms with Crippen molar-refractivity contribution in [1.29, 1.82) is 0 Å². The molecule has 0 saturated heterocycles. The highest BCUT2D eigenvalue weighted by molar-refractivity contribution is 5.17. The number of hydrogen-bond donors (Lipinski definition) is 1. The van der Waals surface area contributed by atoms with Crippen molar-refractivity contribution in [3.8, 4) is 0 Å². The van der Waals surface area contributed by atoms with Crippen molar-refractivity contribution in [1.82, 2.24) is 4.90 Å².